The Labute approximate surface area is 113 Å². The molecule has 3 rings (SSSR count). The zero-order valence-corrected chi connectivity index (χ0v) is 11.5. The van der Waals surface area contributed by atoms with Crippen LogP contribution >= 0.6 is 0 Å². The SMILES string of the molecule is CCOC[C@]12COC[C@H]1CN(C(=O)C1CC(O)C1)C2. The van der Waals surface area contributed by atoms with E-state index in [0.29, 0.717) is 38.6 Å². The van der Waals surface area contributed by atoms with E-state index in [1.54, 1.807) is 0 Å². The van der Waals surface area contributed by atoms with Gasteiger partial charge in [-0.3, -0.25) is 4.79 Å². The van der Waals surface area contributed by atoms with Gasteiger partial charge in [0.15, 0.2) is 0 Å². The fraction of sp³-hybridized carbons (Fsp3) is 0.929. The van der Waals surface area contributed by atoms with Gasteiger partial charge in [-0.15, -0.1) is 0 Å². The van der Waals surface area contributed by atoms with Gasteiger partial charge in [0.25, 0.3) is 0 Å². The summed E-state index contributed by atoms with van der Waals surface area (Å²) in [5.41, 5.74) is 0.00797. The van der Waals surface area contributed by atoms with Gasteiger partial charge in [0.1, 0.15) is 0 Å². The molecule has 0 radical (unpaired) electrons. The second-order valence-corrected chi connectivity index (χ2v) is 6.25. The molecule has 3 fully saturated rings. The Morgan fingerprint density at radius 2 is 2.32 bits per heavy atom. The van der Waals surface area contributed by atoms with Crippen LogP contribution in [0.15, 0.2) is 0 Å². The van der Waals surface area contributed by atoms with Gasteiger partial charge in [-0.25, -0.2) is 0 Å². The van der Waals surface area contributed by atoms with Crippen LogP contribution in [0.4, 0.5) is 0 Å². The van der Waals surface area contributed by atoms with Crippen LogP contribution in [0, 0.1) is 17.3 Å². The Morgan fingerprint density at radius 3 is 3.00 bits per heavy atom. The van der Waals surface area contributed by atoms with E-state index in [4.69, 9.17) is 9.47 Å². The highest BCUT2D eigenvalue weighted by atomic mass is 16.5. The van der Waals surface area contributed by atoms with Gasteiger partial charge < -0.3 is 19.5 Å². The standard InChI is InChI=1S/C14H23NO4/c1-2-18-8-14-7-15(5-11(14)6-19-9-14)13(17)10-3-12(16)4-10/h10-12,16H,2-9H2,1H3/t10?,11-,12?,14-/m1/s1. The number of hydrogen-bond donors (Lipinski definition) is 1. The van der Waals surface area contributed by atoms with Crippen LogP contribution in [0.3, 0.4) is 0 Å². The molecule has 0 aromatic rings. The highest BCUT2D eigenvalue weighted by molar-refractivity contribution is 5.80. The molecule has 108 valence electrons. The highest BCUT2D eigenvalue weighted by Crippen LogP contribution is 2.43. The molecule has 0 bridgehead atoms. The van der Waals surface area contributed by atoms with Gasteiger partial charge in [0, 0.05) is 36.9 Å². The van der Waals surface area contributed by atoms with Crippen molar-refractivity contribution in [3.8, 4) is 0 Å². The smallest absolute Gasteiger partial charge is 0.225 e. The average Bonchev–Trinajstić information content (AvgIpc) is 2.88. The lowest BCUT2D eigenvalue weighted by molar-refractivity contribution is -0.142. The van der Waals surface area contributed by atoms with E-state index in [0.717, 1.165) is 19.7 Å². The first-order valence-electron chi connectivity index (χ1n) is 7.27. The second-order valence-electron chi connectivity index (χ2n) is 6.25. The summed E-state index contributed by atoms with van der Waals surface area (Å²) in [5, 5.41) is 9.33. The number of likely N-dealkylation sites (tertiary alicyclic amines) is 1. The fourth-order valence-electron chi connectivity index (χ4n) is 3.56. The summed E-state index contributed by atoms with van der Waals surface area (Å²) in [6.45, 7) is 6.37. The molecule has 2 atom stereocenters. The number of aliphatic hydroxyl groups excluding tert-OH is 1. The monoisotopic (exact) mass is 269 g/mol. The minimum atomic E-state index is -0.267. The molecule has 1 saturated carbocycles. The van der Waals surface area contributed by atoms with Crippen molar-refractivity contribution in [2.75, 3.05) is 39.5 Å². The van der Waals surface area contributed by atoms with Gasteiger partial charge in [-0.2, -0.15) is 0 Å². The van der Waals surface area contributed by atoms with Crippen molar-refractivity contribution in [3.05, 3.63) is 0 Å². The van der Waals surface area contributed by atoms with Gasteiger partial charge in [0.2, 0.25) is 5.91 Å². The van der Waals surface area contributed by atoms with Gasteiger partial charge in [0.05, 0.1) is 25.9 Å². The summed E-state index contributed by atoms with van der Waals surface area (Å²) in [6.07, 6.45) is 1.00. The number of aliphatic hydroxyl groups is 1. The molecule has 2 saturated heterocycles. The normalized spacial score (nSPS) is 41.2. The highest BCUT2D eigenvalue weighted by Gasteiger charge is 2.53. The molecule has 2 heterocycles. The van der Waals surface area contributed by atoms with Crippen molar-refractivity contribution >= 4 is 5.91 Å². The van der Waals surface area contributed by atoms with Crippen LogP contribution in [0.25, 0.3) is 0 Å². The van der Waals surface area contributed by atoms with E-state index < -0.39 is 0 Å². The third-order valence-electron chi connectivity index (χ3n) is 4.89. The lowest BCUT2D eigenvalue weighted by atomic mass is 9.81. The maximum Gasteiger partial charge on any atom is 0.225 e. The molecule has 2 aliphatic heterocycles. The van der Waals surface area contributed by atoms with Crippen molar-refractivity contribution in [2.24, 2.45) is 17.3 Å². The van der Waals surface area contributed by atoms with Gasteiger partial charge in [-0.1, -0.05) is 0 Å². The third-order valence-corrected chi connectivity index (χ3v) is 4.89. The fourth-order valence-corrected chi connectivity index (χ4v) is 3.56. The number of carbonyl (C=O) groups excluding carboxylic acids is 1. The number of rotatable bonds is 4. The summed E-state index contributed by atoms with van der Waals surface area (Å²) in [5.74, 6) is 0.669. The molecule has 1 amide bonds. The molecule has 5 nitrogen and oxygen atoms in total. The van der Waals surface area contributed by atoms with E-state index in [-0.39, 0.29) is 23.3 Å². The van der Waals surface area contributed by atoms with E-state index in [2.05, 4.69) is 0 Å². The average molecular weight is 269 g/mol. The quantitative estimate of drug-likeness (QED) is 0.796. The van der Waals surface area contributed by atoms with E-state index in [1.807, 2.05) is 11.8 Å². The maximum absolute atomic E-state index is 12.4. The van der Waals surface area contributed by atoms with Crippen molar-refractivity contribution in [3.63, 3.8) is 0 Å². The molecule has 19 heavy (non-hydrogen) atoms. The van der Waals surface area contributed by atoms with Gasteiger partial charge >= 0.3 is 0 Å². The third kappa shape index (κ3) is 2.28. The molecular weight excluding hydrogens is 246 g/mol. The minimum Gasteiger partial charge on any atom is -0.393 e. The number of ether oxygens (including phenoxy) is 2. The lowest BCUT2D eigenvalue weighted by Gasteiger charge is -2.34. The molecule has 1 N–H and O–H groups in total. The predicted octanol–water partition coefficient (Wildman–Crippen LogP) is 0.269. The predicted molar refractivity (Wildman–Crippen MR) is 68.5 cm³/mol. The van der Waals surface area contributed by atoms with Crippen molar-refractivity contribution in [2.45, 2.75) is 25.9 Å². The van der Waals surface area contributed by atoms with Crippen molar-refractivity contribution in [1.29, 1.82) is 0 Å². The molecule has 0 aromatic heterocycles. The molecular formula is C14H23NO4. The Balaban J connectivity index is 1.63. The van der Waals surface area contributed by atoms with Crippen LogP contribution in [-0.4, -0.2) is 61.5 Å². The first-order chi connectivity index (χ1) is 9.14. The summed E-state index contributed by atoms with van der Waals surface area (Å²) in [4.78, 5) is 14.3. The van der Waals surface area contributed by atoms with Crippen LogP contribution in [0.2, 0.25) is 0 Å². The van der Waals surface area contributed by atoms with Crippen LogP contribution in [0.5, 0.6) is 0 Å². The zero-order chi connectivity index (χ0) is 13.5. The number of hydrogen-bond acceptors (Lipinski definition) is 4. The van der Waals surface area contributed by atoms with E-state index in [1.165, 1.54) is 0 Å². The van der Waals surface area contributed by atoms with Crippen LogP contribution < -0.4 is 0 Å². The zero-order valence-electron chi connectivity index (χ0n) is 11.5. The second kappa shape index (κ2) is 5.04. The number of nitrogens with zero attached hydrogens (tertiary/aromatic N) is 1. The van der Waals surface area contributed by atoms with E-state index >= 15 is 0 Å². The van der Waals surface area contributed by atoms with Crippen molar-refractivity contribution < 1.29 is 19.4 Å². The van der Waals surface area contributed by atoms with Crippen LogP contribution in [-0.2, 0) is 14.3 Å². The summed E-state index contributed by atoms with van der Waals surface area (Å²) >= 11 is 0. The topological polar surface area (TPSA) is 59.0 Å². The Hall–Kier alpha value is -0.650. The summed E-state index contributed by atoms with van der Waals surface area (Å²) in [6, 6.07) is 0. The Bertz CT molecular complexity index is 355. The lowest BCUT2D eigenvalue weighted by Crippen LogP contribution is -2.44. The minimum absolute atomic E-state index is 0.00797. The molecule has 1 aliphatic carbocycles. The molecule has 0 spiro atoms. The van der Waals surface area contributed by atoms with Crippen LogP contribution in [0.1, 0.15) is 19.8 Å². The summed E-state index contributed by atoms with van der Waals surface area (Å²) < 4.78 is 11.2. The Morgan fingerprint density at radius 1 is 1.53 bits per heavy atom. The molecule has 5 heteroatoms. The maximum atomic E-state index is 12.4. The number of fused-ring (bicyclic) bond motifs is 1. The molecule has 0 unspecified atom stereocenters. The molecule has 3 aliphatic rings. The largest absolute Gasteiger partial charge is 0.393 e. The van der Waals surface area contributed by atoms with Crippen molar-refractivity contribution in [1.82, 2.24) is 4.90 Å². The summed E-state index contributed by atoms with van der Waals surface area (Å²) in [7, 11) is 0. The van der Waals surface area contributed by atoms with E-state index in [9.17, 15) is 9.90 Å². The van der Waals surface area contributed by atoms with Gasteiger partial charge in [-0.05, 0) is 19.8 Å². The first kappa shape index (κ1) is 13.3. The Kier molecular flexibility index (Phi) is 3.53. The molecule has 0 aromatic carbocycles. The first-order valence-corrected chi connectivity index (χ1v) is 7.27. The number of carbonyl (C=O) groups is 1. The number of amides is 1.